The van der Waals surface area contributed by atoms with Crippen molar-refractivity contribution in [1.29, 1.82) is 0 Å². The molecule has 0 aliphatic carbocycles. The zero-order valence-electron chi connectivity index (χ0n) is 24.1. The smallest absolute Gasteiger partial charge is 0.343 e. The molecule has 0 fully saturated rings. The van der Waals surface area contributed by atoms with Crippen LogP contribution < -0.4 is 25.1 Å². The molecule has 0 heterocycles. The van der Waals surface area contributed by atoms with E-state index in [1.54, 1.807) is 78.9 Å². The molecular formula is C34H32N4O5. The average Bonchev–Trinajstić information content (AvgIpc) is 3.03. The number of carbonyl (C=O) groups excluding carboxylic acids is 3. The molecule has 218 valence electrons. The molecular weight excluding hydrogens is 544 g/mol. The highest BCUT2D eigenvalue weighted by molar-refractivity contribution is 6.05. The maximum Gasteiger partial charge on any atom is 0.343 e. The van der Waals surface area contributed by atoms with E-state index in [-0.39, 0.29) is 11.4 Å². The largest absolute Gasteiger partial charge is 0.490 e. The Morgan fingerprint density at radius 1 is 0.791 bits per heavy atom. The molecule has 0 spiro atoms. The Morgan fingerprint density at radius 3 is 2.05 bits per heavy atom. The molecule has 9 nitrogen and oxygen atoms in total. The number of anilines is 1. The van der Waals surface area contributed by atoms with Crippen LogP contribution in [0.15, 0.2) is 114 Å². The van der Waals surface area contributed by atoms with Crippen molar-refractivity contribution < 1.29 is 23.9 Å². The van der Waals surface area contributed by atoms with Crippen molar-refractivity contribution in [3.05, 3.63) is 131 Å². The summed E-state index contributed by atoms with van der Waals surface area (Å²) in [5.41, 5.74) is 5.60. The van der Waals surface area contributed by atoms with Crippen LogP contribution in [0, 0.1) is 0 Å². The Labute approximate surface area is 250 Å². The van der Waals surface area contributed by atoms with Crippen LogP contribution in [-0.4, -0.2) is 44.7 Å². The Balaban J connectivity index is 1.50. The number of hydrogen-bond acceptors (Lipinski definition) is 7. The zero-order valence-corrected chi connectivity index (χ0v) is 24.1. The first-order valence-electron chi connectivity index (χ1n) is 13.6. The second kappa shape index (κ2) is 14.8. The van der Waals surface area contributed by atoms with E-state index < -0.39 is 17.8 Å². The van der Waals surface area contributed by atoms with Gasteiger partial charge in [-0.2, -0.15) is 5.10 Å². The van der Waals surface area contributed by atoms with Gasteiger partial charge in [-0.1, -0.05) is 48.5 Å². The summed E-state index contributed by atoms with van der Waals surface area (Å²) >= 11 is 0. The lowest BCUT2D eigenvalue weighted by Crippen LogP contribution is -2.32. The summed E-state index contributed by atoms with van der Waals surface area (Å²) in [6, 6.07) is 29.7. The molecule has 0 saturated carbocycles. The number of hydrazone groups is 1. The maximum absolute atomic E-state index is 13.2. The minimum absolute atomic E-state index is 0.0155. The highest BCUT2D eigenvalue weighted by atomic mass is 16.6. The first-order valence-corrected chi connectivity index (χ1v) is 13.6. The number of ether oxygens (including phenoxy) is 2. The topological polar surface area (TPSA) is 109 Å². The maximum atomic E-state index is 13.2. The Bertz CT molecular complexity index is 1620. The van der Waals surface area contributed by atoms with E-state index in [1.165, 1.54) is 6.21 Å². The van der Waals surface area contributed by atoms with Gasteiger partial charge in [-0.05, 0) is 78.7 Å². The van der Waals surface area contributed by atoms with Crippen molar-refractivity contribution in [1.82, 2.24) is 10.7 Å². The number of hydrogen-bond donors (Lipinski definition) is 2. The van der Waals surface area contributed by atoms with Gasteiger partial charge in [0.15, 0.2) is 11.5 Å². The van der Waals surface area contributed by atoms with Gasteiger partial charge in [-0.15, -0.1) is 0 Å². The van der Waals surface area contributed by atoms with E-state index in [0.717, 1.165) is 11.3 Å². The minimum atomic E-state index is -0.615. The average molecular weight is 577 g/mol. The van der Waals surface area contributed by atoms with Crippen LogP contribution in [0.1, 0.15) is 38.8 Å². The molecule has 4 rings (SSSR count). The number of rotatable bonds is 11. The van der Waals surface area contributed by atoms with E-state index in [0.29, 0.717) is 29.0 Å². The van der Waals surface area contributed by atoms with Gasteiger partial charge in [-0.3, -0.25) is 9.59 Å². The van der Waals surface area contributed by atoms with Gasteiger partial charge >= 0.3 is 5.97 Å². The van der Waals surface area contributed by atoms with Gasteiger partial charge in [0, 0.05) is 25.3 Å². The molecule has 0 atom stereocenters. The third kappa shape index (κ3) is 8.64. The Hall–Kier alpha value is -5.70. The van der Waals surface area contributed by atoms with Gasteiger partial charge in [0.05, 0.1) is 18.4 Å². The van der Waals surface area contributed by atoms with Crippen LogP contribution in [0.25, 0.3) is 6.08 Å². The fourth-order valence-corrected chi connectivity index (χ4v) is 3.89. The van der Waals surface area contributed by atoms with Gasteiger partial charge < -0.3 is 19.7 Å². The SMILES string of the molecule is CCOc1cc(/C=N/NC(=O)/C(=C/c2ccc(N(C)C)cc2)NC(=O)c2ccccc2)ccc1OC(=O)c1ccccc1. The predicted molar refractivity (Wildman–Crippen MR) is 167 cm³/mol. The van der Waals surface area contributed by atoms with Crippen molar-refractivity contribution in [2.24, 2.45) is 5.10 Å². The summed E-state index contributed by atoms with van der Waals surface area (Å²) in [6.07, 6.45) is 3.00. The van der Waals surface area contributed by atoms with Crippen LogP contribution in [0.4, 0.5) is 5.69 Å². The molecule has 0 bridgehead atoms. The monoisotopic (exact) mass is 576 g/mol. The van der Waals surface area contributed by atoms with Crippen LogP contribution in [-0.2, 0) is 4.79 Å². The number of amides is 2. The number of carbonyl (C=O) groups is 3. The molecule has 2 amide bonds. The van der Waals surface area contributed by atoms with E-state index in [4.69, 9.17) is 9.47 Å². The molecule has 0 unspecified atom stereocenters. The van der Waals surface area contributed by atoms with E-state index >= 15 is 0 Å². The highest BCUT2D eigenvalue weighted by Crippen LogP contribution is 2.29. The number of esters is 1. The van der Waals surface area contributed by atoms with E-state index in [1.807, 2.05) is 56.3 Å². The molecule has 4 aromatic rings. The van der Waals surface area contributed by atoms with Crippen molar-refractivity contribution in [3.63, 3.8) is 0 Å². The van der Waals surface area contributed by atoms with Crippen molar-refractivity contribution in [3.8, 4) is 11.5 Å². The summed E-state index contributed by atoms with van der Waals surface area (Å²) in [5.74, 6) is -0.957. The van der Waals surface area contributed by atoms with Gasteiger partial charge in [0.2, 0.25) is 0 Å². The summed E-state index contributed by atoms with van der Waals surface area (Å²) in [7, 11) is 3.87. The second-order valence-corrected chi connectivity index (χ2v) is 9.46. The third-order valence-electron chi connectivity index (χ3n) is 6.11. The molecule has 9 heteroatoms. The fraction of sp³-hybridized carbons (Fsp3) is 0.118. The van der Waals surface area contributed by atoms with E-state index in [9.17, 15) is 14.4 Å². The molecule has 4 aromatic carbocycles. The quantitative estimate of drug-likeness (QED) is 0.0826. The Morgan fingerprint density at radius 2 is 1.42 bits per heavy atom. The zero-order chi connectivity index (χ0) is 30.6. The molecule has 43 heavy (non-hydrogen) atoms. The lowest BCUT2D eigenvalue weighted by Gasteiger charge is -2.13. The molecule has 0 radical (unpaired) electrons. The van der Waals surface area contributed by atoms with Crippen LogP contribution in [0.5, 0.6) is 11.5 Å². The molecule has 0 aliphatic heterocycles. The first-order chi connectivity index (χ1) is 20.8. The van der Waals surface area contributed by atoms with Crippen LogP contribution in [0.2, 0.25) is 0 Å². The highest BCUT2D eigenvalue weighted by Gasteiger charge is 2.15. The van der Waals surface area contributed by atoms with Crippen molar-refractivity contribution in [2.75, 3.05) is 25.6 Å². The second-order valence-electron chi connectivity index (χ2n) is 9.46. The Kier molecular flexibility index (Phi) is 10.4. The number of benzene rings is 4. The predicted octanol–water partition coefficient (Wildman–Crippen LogP) is 5.29. The lowest BCUT2D eigenvalue weighted by molar-refractivity contribution is -0.117. The lowest BCUT2D eigenvalue weighted by atomic mass is 10.1. The van der Waals surface area contributed by atoms with Gasteiger partial charge in [0.25, 0.3) is 11.8 Å². The minimum Gasteiger partial charge on any atom is -0.490 e. The van der Waals surface area contributed by atoms with Crippen LogP contribution in [0.3, 0.4) is 0 Å². The summed E-state index contributed by atoms with van der Waals surface area (Å²) < 4.78 is 11.2. The molecule has 0 aliphatic rings. The molecule has 0 aromatic heterocycles. The van der Waals surface area contributed by atoms with Gasteiger partial charge in [-0.25, -0.2) is 10.2 Å². The molecule has 2 N–H and O–H groups in total. The normalized spacial score (nSPS) is 11.1. The van der Waals surface area contributed by atoms with Gasteiger partial charge in [0.1, 0.15) is 5.70 Å². The van der Waals surface area contributed by atoms with Crippen LogP contribution >= 0.6 is 0 Å². The molecule has 0 saturated heterocycles. The van der Waals surface area contributed by atoms with Crippen molar-refractivity contribution >= 4 is 35.8 Å². The third-order valence-corrected chi connectivity index (χ3v) is 6.11. The summed E-state index contributed by atoms with van der Waals surface area (Å²) in [5, 5.41) is 6.76. The summed E-state index contributed by atoms with van der Waals surface area (Å²) in [4.78, 5) is 40.5. The summed E-state index contributed by atoms with van der Waals surface area (Å²) in [6.45, 7) is 2.16. The van der Waals surface area contributed by atoms with Crippen molar-refractivity contribution in [2.45, 2.75) is 6.92 Å². The first kappa shape index (κ1) is 30.3. The fourth-order valence-electron chi connectivity index (χ4n) is 3.89. The number of nitrogens with zero attached hydrogens (tertiary/aromatic N) is 2. The standard InChI is InChI=1S/C34H32N4O5/c1-4-42-31-22-25(17-20-30(31)43-34(41)27-13-9-6-10-14-27)23-35-37-33(40)29(36-32(39)26-11-7-5-8-12-26)21-24-15-18-28(19-16-24)38(2)3/h5-23H,4H2,1-3H3,(H,36,39)(H,37,40)/b29-21-,35-23+. The van der Waals surface area contributed by atoms with E-state index in [2.05, 4.69) is 15.8 Å². The number of nitrogens with one attached hydrogen (secondary N) is 2.